The van der Waals surface area contributed by atoms with Crippen molar-refractivity contribution in [1.82, 2.24) is 14.3 Å². The number of nitrogens with one attached hydrogen (secondary N) is 1. The van der Waals surface area contributed by atoms with Crippen LogP contribution in [0.4, 0.5) is 0 Å². The van der Waals surface area contributed by atoms with Gasteiger partial charge in [0.25, 0.3) is 10.0 Å². The van der Waals surface area contributed by atoms with E-state index in [1.165, 1.54) is 6.20 Å². The minimum Gasteiger partial charge on any atom is -0.493 e. The Hall–Kier alpha value is -2.06. The molecule has 7 nitrogen and oxygen atoms in total. The molecule has 1 aliphatic rings. The summed E-state index contributed by atoms with van der Waals surface area (Å²) in [6.07, 6.45) is 2.04. The van der Waals surface area contributed by atoms with Crippen LogP contribution in [0.2, 0.25) is 0 Å². The molecule has 0 aliphatic carbocycles. The van der Waals surface area contributed by atoms with Crippen molar-refractivity contribution in [2.24, 2.45) is 7.05 Å². The molecular formula is C15H19N3O4S. The lowest BCUT2D eigenvalue weighted by Crippen LogP contribution is -2.42. The summed E-state index contributed by atoms with van der Waals surface area (Å²) in [7, 11) is -0.335. The first-order valence-corrected chi connectivity index (χ1v) is 8.70. The maximum atomic E-state index is 12.4. The fourth-order valence-electron chi connectivity index (χ4n) is 2.57. The van der Waals surface area contributed by atoms with Gasteiger partial charge in [0.2, 0.25) is 0 Å². The summed E-state index contributed by atoms with van der Waals surface area (Å²) in [5.41, 5.74) is 0.917. The number of aromatic nitrogens is 2. The van der Waals surface area contributed by atoms with Gasteiger partial charge in [-0.25, -0.2) is 18.1 Å². The molecule has 2 aromatic rings. The Morgan fingerprint density at radius 2 is 2.22 bits per heavy atom. The van der Waals surface area contributed by atoms with Crippen LogP contribution in [0, 0.1) is 6.92 Å². The highest BCUT2D eigenvalue weighted by atomic mass is 32.2. The topological polar surface area (TPSA) is 82.5 Å². The predicted molar refractivity (Wildman–Crippen MR) is 84.2 cm³/mol. The maximum absolute atomic E-state index is 12.4. The van der Waals surface area contributed by atoms with E-state index in [9.17, 15) is 8.42 Å². The Morgan fingerprint density at radius 3 is 2.87 bits per heavy atom. The summed E-state index contributed by atoms with van der Waals surface area (Å²) < 4.78 is 40.2. The Kier molecular flexibility index (Phi) is 4.03. The number of imidazole rings is 1. The zero-order valence-corrected chi connectivity index (χ0v) is 14.1. The van der Waals surface area contributed by atoms with Crippen LogP contribution >= 0.6 is 0 Å². The standard InChI is InChI=1S/C15H19N3O4S/c1-10-16-14(8-18(10)2)23(19,20)17-12-7-11-5-4-6-13(21-3)15(11)22-9-12/h4-6,8,12,17H,7,9H2,1-3H3. The van der Waals surface area contributed by atoms with E-state index in [1.54, 1.807) is 25.6 Å². The number of nitrogens with zero attached hydrogens (tertiary/aromatic N) is 2. The average molecular weight is 337 g/mol. The van der Waals surface area contributed by atoms with E-state index in [0.717, 1.165) is 5.56 Å². The van der Waals surface area contributed by atoms with E-state index in [1.807, 2.05) is 18.2 Å². The average Bonchev–Trinajstić information content (AvgIpc) is 2.86. The minimum atomic E-state index is -3.67. The Balaban J connectivity index is 1.79. The molecule has 1 aromatic carbocycles. The second-order valence-corrected chi connectivity index (χ2v) is 7.18. The van der Waals surface area contributed by atoms with Crippen molar-refractivity contribution < 1.29 is 17.9 Å². The van der Waals surface area contributed by atoms with E-state index in [-0.39, 0.29) is 17.7 Å². The highest BCUT2D eigenvalue weighted by Crippen LogP contribution is 2.34. The Bertz CT molecular complexity index is 810. The lowest BCUT2D eigenvalue weighted by Gasteiger charge is -2.26. The number of fused-ring (bicyclic) bond motifs is 1. The molecule has 2 heterocycles. The summed E-state index contributed by atoms with van der Waals surface area (Å²) >= 11 is 0. The number of methoxy groups -OCH3 is 1. The third-order valence-electron chi connectivity index (χ3n) is 3.86. The summed E-state index contributed by atoms with van der Waals surface area (Å²) in [5.74, 6) is 1.98. The highest BCUT2D eigenvalue weighted by Gasteiger charge is 2.28. The van der Waals surface area contributed by atoms with Gasteiger partial charge in [-0.15, -0.1) is 0 Å². The number of aryl methyl sites for hydroxylation is 2. The van der Waals surface area contributed by atoms with Crippen LogP contribution in [0.25, 0.3) is 0 Å². The SMILES string of the molecule is COc1cccc2c1OCC(NS(=O)(=O)c1cn(C)c(C)n1)C2. The van der Waals surface area contributed by atoms with Crippen molar-refractivity contribution in [2.75, 3.05) is 13.7 Å². The molecule has 0 radical (unpaired) electrons. The molecule has 23 heavy (non-hydrogen) atoms. The van der Waals surface area contributed by atoms with Crippen LogP contribution in [-0.4, -0.2) is 37.7 Å². The zero-order valence-electron chi connectivity index (χ0n) is 13.2. The predicted octanol–water partition coefficient (Wildman–Crippen LogP) is 1.02. The fourth-order valence-corrected chi connectivity index (χ4v) is 3.83. The second kappa shape index (κ2) is 5.86. The Labute approximate surface area is 135 Å². The first-order valence-electron chi connectivity index (χ1n) is 7.21. The molecule has 0 amide bonds. The largest absolute Gasteiger partial charge is 0.493 e. The van der Waals surface area contributed by atoms with Crippen LogP contribution in [0.15, 0.2) is 29.4 Å². The number of sulfonamides is 1. The number of hydrogen-bond acceptors (Lipinski definition) is 5. The smallest absolute Gasteiger partial charge is 0.259 e. The van der Waals surface area contributed by atoms with Crippen molar-refractivity contribution in [1.29, 1.82) is 0 Å². The number of benzene rings is 1. The van der Waals surface area contributed by atoms with Crippen LogP contribution in [0.5, 0.6) is 11.5 Å². The lowest BCUT2D eigenvalue weighted by atomic mass is 10.0. The second-order valence-electron chi connectivity index (χ2n) is 5.52. The van der Waals surface area contributed by atoms with Gasteiger partial charge in [-0.3, -0.25) is 0 Å². The summed E-state index contributed by atoms with van der Waals surface area (Å²) in [6.45, 7) is 2.00. The van der Waals surface area contributed by atoms with Gasteiger partial charge in [-0.1, -0.05) is 12.1 Å². The van der Waals surface area contributed by atoms with E-state index in [0.29, 0.717) is 23.7 Å². The van der Waals surface area contributed by atoms with E-state index < -0.39 is 10.0 Å². The molecule has 1 unspecified atom stereocenters. The van der Waals surface area contributed by atoms with Gasteiger partial charge in [-0.05, 0) is 25.0 Å². The molecule has 124 valence electrons. The van der Waals surface area contributed by atoms with Crippen molar-refractivity contribution in [3.05, 3.63) is 35.8 Å². The minimum absolute atomic E-state index is 0.0222. The molecule has 1 N–H and O–H groups in total. The van der Waals surface area contributed by atoms with Crippen LogP contribution in [0.1, 0.15) is 11.4 Å². The molecule has 1 aromatic heterocycles. The highest BCUT2D eigenvalue weighted by molar-refractivity contribution is 7.89. The van der Waals surface area contributed by atoms with Gasteiger partial charge in [0.1, 0.15) is 12.4 Å². The molecule has 8 heteroatoms. The summed E-state index contributed by atoms with van der Waals surface area (Å²) in [4.78, 5) is 4.07. The van der Waals surface area contributed by atoms with Crippen molar-refractivity contribution in [3.63, 3.8) is 0 Å². The van der Waals surface area contributed by atoms with E-state index in [2.05, 4.69) is 9.71 Å². The van der Waals surface area contributed by atoms with Gasteiger partial charge >= 0.3 is 0 Å². The van der Waals surface area contributed by atoms with Crippen LogP contribution < -0.4 is 14.2 Å². The first-order chi connectivity index (χ1) is 10.9. The maximum Gasteiger partial charge on any atom is 0.259 e. The van der Waals surface area contributed by atoms with Crippen molar-refractivity contribution in [3.8, 4) is 11.5 Å². The monoisotopic (exact) mass is 337 g/mol. The number of rotatable bonds is 4. The molecule has 0 bridgehead atoms. The number of para-hydroxylation sites is 1. The van der Waals surface area contributed by atoms with Gasteiger partial charge in [-0.2, -0.15) is 0 Å². The quantitative estimate of drug-likeness (QED) is 0.901. The zero-order chi connectivity index (χ0) is 16.6. The van der Waals surface area contributed by atoms with Crippen LogP contribution in [-0.2, 0) is 23.5 Å². The molecule has 0 saturated heterocycles. The van der Waals surface area contributed by atoms with Gasteiger partial charge in [0.05, 0.1) is 13.2 Å². The lowest BCUT2D eigenvalue weighted by molar-refractivity contribution is 0.240. The first kappa shape index (κ1) is 15.8. The number of hydrogen-bond donors (Lipinski definition) is 1. The fraction of sp³-hybridized carbons (Fsp3) is 0.400. The molecule has 0 fully saturated rings. The van der Waals surface area contributed by atoms with Crippen molar-refractivity contribution in [2.45, 2.75) is 24.4 Å². The summed E-state index contributed by atoms with van der Waals surface area (Å²) in [5, 5.41) is 0.0222. The third kappa shape index (κ3) is 3.04. The number of ether oxygens (including phenoxy) is 2. The van der Waals surface area contributed by atoms with Crippen LogP contribution in [0.3, 0.4) is 0 Å². The Morgan fingerprint density at radius 1 is 1.43 bits per heavy atom. The molecule has 0 spiro atoms. The van der Waals surface area contributed by atoms with E-state index >= 15 is 0 Å². The molecule has 1 atom stereocenters. The van der Waals surface area contributed by atoms with Gasteiger partial charge < -0.3 is 14.0 Å². The normalized spacial score (nSPS) is 17.4. The van der Waals surface area contributed by atoms with Crippen molar-refractivity contribution >= 4 is 10.0 Å². The van der Waals surface area contributed by atoms with Gasteiger partial charge in [0, 0.05) is 13.2 Å². The summed E-state index contributed by atoms with van der Waals surface area (Å²) in [6, 6.07) is 5.24. The van der Waals surface area contributed by atoms with Gasteiger partial charge in [0.15, 0.2) is 16.5 Å². The molecule has 1 aliphatic heterocycles. The third-order valence-corrected chi connectivity index (χ3v) is 5.25. The molecular weight excluding hydrogens is 318 g/mol. The molecule has 3 rings (SSSR count). The van der Waals surface area contributed by atoms with E-state index in [4.69, 9.17) is 9.47 Å². The molecule has 0 saturated carbocycles.